The van der Waals surface area contributed by atoms with Crippen molar-refractivity contribution < 1.29 is 14.5 Å². The summed E-state index contributed by atoms with van der Waals surface area (Å²) in [4.78, 5) is 37.8. The topological polar surface area (TPSA) is 97.5 Å². The quantitative estimate of drug-likeness (QED) is 0.204. The smallest absolute Gasteiger partial charge is 0.271 e. The van der Waals surface area contributed by atoms with E-state index in [1.165, 1.54) is 23.1 Å². The molecule has 1 N–H and O–H groups in total. The molecule has 2 aromatic carbocycles. The number of hydrogen-bond acceptors (Lipinski definition) is 5. The van der Waals surface area contributed by atoms with Gasteiger partial charge in [0.05, 0.1) is 16.3 Å². The van der Waals surface area contributed by atoms with Crippen LogP contribution in [0, 0.1) is 17.0 Å². The number of thiocarbonyl (C=S) groups is 1. The van der Waals surface area contributed by atoms with Gasteiger partial charge in [0.15, 0.2) is 5.11 Å². The fraction of sp³-hybridized carbons (Fsp3) is 0.0455. The molecule has 8 nitrogen and oxygen atoms in total. The third-order valence-electron chi connectivity index (χ3n) is 4.97. The largest absolute Gasteiger partial charge is 0.317 e. The van der Waals surface area contributed by atoms with Crippen molar-refractivity contribution in [2.75, 3.05) is 4.90 Å². The molecule has 0 spiro atoms. The SMILES string of the molecule is Cc1c(Cl)cccc1N1C(=O)/C(=C/c2cccn2-c2cccc([N+](=O)[O-])c2)C(=O)NC1=S. The maximum atomic E-state index is 13.3. The maximum Gasteiger partial charge on any atom is 0.271 e. The van der Waals surface area contributed by atoms with Gasteiger partial charge in [0.2, 0.25) is 0 Å². The molecule has 3 aromatic rings. The summed E-state index contributed by atoms with van der Waals surface area (Å²) in [6.07, 6.45) is 3.10. The van der Waals surface area contributed by atoms with Crippen molar-refractivity contribution in [1.82, 2.24) is 9.88 Å². The van der Waals surface area contributed by atoms with Gasteiger partial charge in [0, 0.05) is 29.0 Å². The van der Waals surface area contributed by atoms with Crippen LogP contribution in [0.4, 0.5) is 11.4 Å². The number of carbonyl (C=O) groups excluding carboxylic acids is 2. The number of hydrogen-bond donors (Lipinski definition) is 1. The lowest BCUT2D eigenvalue weighted by molar-refractivity contribution is -0.384. The number of nitro groups is 1. The lowest BCUT2D eigenvalue weighted by atomic mass is 10.1. The number of nitrogens with one attached hydrogen (secondary N) is 1. The molecule has 10 heteroatoms. The van der Waals surface area contributed by atoms with Crippen molar-refractivity contribution in [2.45, 2.75) is 6.92 Å². The van der Waals surface area contributed by atoms with E-state index in [1.54, 1.807) is 60.2 Å². The second kappa shape index (κ2) is 8.37. The second-order valence-electron chi connectivity index (χ2n) is 6.92. The number of rotatable bonds is 4. The fourth-order valence-electron chi connectivity index (χ4n) is 3.37. The Balaban J connectivity index is 1.77. The second-order valence-corrected chi connectivity index (χ2v) is 7.72. The molecule has 2 amide bonds. The highest BCUT2D eigenvalue weighted by Crippen LogP contribution is 2.30. The average Bonchev–Trinajstić information content (AvgIpc) is 3.22. The predicted octanol–water partition coefficient (Wildman–Crippen LogP) is 4.18. The Morgan fingerprint density at radius 2 is 1.88 bits per heavy atom. The van der Waals surface area contributed by atoms with Crippen LogP contribution >= 0.6 is 23.8 Å². The van der Waals surface area contributed by atoms with Crippen molar-refractivity contribution >= 4 is 58.2 Å². The number of halogens is 1. The first-order chi connectivity index (χ1) is 15.3. The van der Waals surface area contributed by atoms with Crippen molar-refractivity contribution in [1.29, 1.82) is 0 Å². The molecule has 1 fully saturated rings. The molecule has 0 saturated carbocycles. The Kier molecular flexibility index (Phi) is 5.60. The van der Waals surface area contributed by atoms with Gasteiger partial charge in [-0.15, -0.1) is 0 Å². The van der Waals surface area contributed by atoms with Gasteiger partial charge in [-0.25, -0.2) is 0 Å². The van der Waals surface area contributed by atoms with Crippen LogP contribution in [0.5, 0.6) is 0 Å². The van der Waals surface area contributed by atoms with Gasteiger partial charge in [0.25, 0.3) is 17.5 Å². The molecule has 0 radical (unpaired) electrons. The third-order valence-corrected chi connectivity index (χ3v) is 5.67. The highest BCUT2D eigenvalue weighted by atomic mass is 35.5. The minimum Gasteiger partial charge on any atom is -0.317 e. The van der Waals surface area contributed by atoms with E-state index in [0.29, 0.717) is 27.7 Å². The minimum absolute atomic E-state index is 0.0448. The summed E-state index contributed by atoms with van der Waals surface area (Å²) in [5, 5.41) is 14.1. The van der Waals surface area contributed by atoms with Gasteiger partial charge in [0.1, 0.15) is 5.57 Å². The van der Waals surface area contributed by atoms with E-state index in [9.17, 15) is 19.7 Å². The summed E-state index contributed by atoms with van der Waals surface area (Å²) in [7, 11) is 0. The zero-order valence-corrected chi connectivity index (χ0v) is 18.2. The highest BCUT2D eigenvalue weighted by Gasteiger charge is 2.35. The third kappa shape index (κ3) is 3.79. The first-order valence-electron chi connectivity index (χ1n) is 9.36. The van der Waals surface area contributed by atoms with Crippen LogP contribution in [0.15, 0.2) is 66.4 Å². The summed E-state index contributed by atoms with van der Waals surface area (Å²) < 4.78 is 1.64. The molecule has 0 bridgehead atoms. The Hall–Kier alpha value is -3.82. The van der Waals surface area contributed by atoms with Crippen LogP contribution in [0.3, 0.4) is 0 Å². The monoisotopic (exact) mass is 466 g/mol. The molecule has 0 aliphatic carbocycles. The van der Waals surface area contributed by atoms with E-state index in [-0.39, 0.29) is 16.4 Å². The normalized spacial score (nSPS) is 15.2. The fourth-order valence-corrected chi connectivity index (χ4v) is 3.81. The number of nitro benzene ring substituents is 1. The predicted molar refractivity (Wildman–Crippen MR) is 125 cm³/mol. The van der Waals surface area contributed by atoms with E-state index in [1.807, 2.05) is 0 Å². The van der Waals surface area contributed by atoms with E-state index in [2.05, 4.69) is 5.32 Å². The zero-order valence-electron chi connectivity index (χ0n) is 16.6. The highest BCUT2D eigenvalue weighted by molar-refractivity contribution is 7.80. The van der Waals surface area contributed by atoms with Crippen LogP contribution < -0.4 is 10.2 Å². The Labute approximate surface area is 192 Å². The van der Waals surface area contributed by atoms with Crippen molar-refractivity contribution in [3.8, 4) is 5.69 Å². The summed E-state index contributed by atoms with van der Waals surface area (Å²) >= 11 is 11.4. The van der Waals surface area contributed by atoms with Crippen molar-refractivity contribution in [3.63, 3.8) is 0 Å². The lowest BCUT2D eigenvalue weighted by Gasteiger charge is -2.30. The summed E-state index contributed by atoms with van der Waals surface area (Å²) in [6, 6.07) is 14.5. The number of non-ortho nitro benzene ring substituents is 1. The summed E-state index contributed by atoms with van der Waals surface area (Å²) in [5.74, 6) is -1.24. The minimum atomic E-state index is -0.636. The van der Waals surface area contributed by atoms with Gasteiger partial charge in [-0.2, -0.15) is 0 Å². The molecule has 2 heterocycles. The molecular formula is C22H15ClN4O4S. The van der Waals surface area contributed by atoms with Crippen LogP contribution in [0.1, 0.15) is 11.3 Å². The Bertz CT molecular complexity index is 1330. The Morgan fingerprint density at radius 3 is 2.62 bits per heavy atom. The average molecular weight is 467 g/mol. The maximum absolute atomic E-state index is 13.3. The molecule has 1 aliphatic heterocycles. The summed E-state index contributed by atoms with van der Waals surface area (Å²) in [6.45, 7) is 1.75. The number of benzene rings is 2. The van der Waals surface area contributed by atoms with Crippen molar-refractivity contribution in [2.24, 2.45) is 0 Å². The Morgan fingerprint density at radius 1 is 1.12 bits per heavy atom. The molecule has 4 rings (SSSR count). The number of amides is 2. The van der Waals surface area contributed by atoms with Gasteiger partial charge in [-0.05, 0) is 61.1 Å². The van der Waals surface area contributed by atoms with Crippen LogP contribution in [-0.2, 0) is 9.59 Å². The van der Waals surface area contributed by atoms with Crippen LogP contribution in [0.25, 0.3) is 11.8 Å². The summed E-state index contributed by atoms with van der Waals surface area (Å²) in [5.41, 5.74) is 1.89. The molecule has 0 atom stereocenters. The number of nitrogens with zero attached hydrogens (tertiary/aromatic N) is 3. The first kappa shape index (κ1) is 21.4. The molecule has 1 saturated heterocycles. The molecule has 1 aromatic heterocycles. The van der Waals surface area contributed by atoms with Gasteiger partial charge >= 0.3 is 0 Å². The van der Waals surface area contributed by atoms with E-state index in [0.717, 1.165) is 0 Å². The van der Waals surface area contributed by atoms with Crippen LogP contribution in [0.2, 0.25) is 5.02 Å². The lowest BCUT2D eigenvalue weighted by Crippen LogP contribution is -2.54. The van der Waals surface area contributed by atoms with E-state index >= 15 is 0 Å². The van der Waals surface area contributed by atoms with E-state index < -0.39 is 16.7 Å². The first-order valence-corrected chi connectivity index (χ1v) is 10.2. The zero-order chi connectivity index (χ0) is 23.0. The van der Waals surface area contributed by atoms with E-state index in [4.69, 9.17) is 23.8 Å². The molecule has 0 unspecified atom stereocenters. The van der Waals surface area contributed by atoms with Gasteiger partial charge in [-0.3, -0.25) is 29.9 Å². The standard InChI is InChI=1S/C22H15ClN4O4S/c1-13-18(23)8-3-9-19(13)26-21(29)17(20(28)24-22(26)32)12-15-7-4-10-25(15)14-5-2-6-16(11-14)27(30)31/h2-12H,1H3,(H,24,28,32)/b17-12+. The molecular weight excluding hydrogens is 452 g/mol. The number of aromatic nitrogens is 1. The molecule has 160 valence electrons. The van der Waals surface area contributed by atoms with Crippen LogP contribution in [-0.4, -0.2) is 26.4 Å². The molecule has 32 heavy (non-hydrogen) atoms. The number of carbonyl (C=O) groups is 2. The van der Waals surface area contributed by atoms with Crippen molar-refractivity contribution in [3.05, 3.63) is 92.8 Å². The number of anilines is 1. The molecule has 1 aliphatic rings. The van der Waals surface area contributed by atoms with Gasteiger partial charge in [-0.1, -0.05) is 23.7 Å². The van der Waals surface area contributed by atoms with Gasteiger partial charge < -0.3 is 4.57 Å².